The molecule has 1 heterocycles. The van der Waals surface area contributed by atoms with Gasteiger partial charge in [0.1, 0.15) is 5.82 Å². The van der Waals surface area contributed by atoms with Crippen molar-refractivity contribution in [2.75, 3.05) is 11.4 Å². The normalized spacial score (nSPS) is 15.3. The molecular formula is C18H18FNOS. The van der Waals surface area contributed by atoms with Crippen molar-refractivity contribution in [2.24, 2.45) is 0 Å². The third-order valence-electron chi connectivity index (χ3n) is 3.83. The number of carbonyl (C=O) groups is 1. The van der Waals surface area contributed by atoms with E-state index < -0.39 is 0 Å². The molecule has 0 saturated heterocycles. The van der Waals surface area contributed by atoms with Gasteiger partial charge in [-0.15, -0.1) is 11.8 Å². The van der Waals surface area contributed by atoms with Gasteiger partial charge in [-0.1, -0.05) is 18.2 Å². The molecule has 114 valence electrons. The average Bonchev–Trinajstić information content (AvgIpc) is 2.54. The van der Waals surface area contributed by atoms with Gasteiger partial charge in [0.25, 0.3) is 0 Å². The summed E-state index contributed by atoms with van der Waals surface area (Å²) in [6.07, 6.45) is 1.71. The van der Waals surface area contributed by atoms with E-state index in [1.54, 1.807) is 28.8 Å². The van der Waals surface area contributed by atoms with Crippen LogP contribution in [0.5, 0.6) is 0 Å². The van der Waals surface area contributed by atoms with Crippen LogP contribution in [0.1, 0.15) is 18.9 Å². The summed E-state index contributed by atoms with van der Waals surface area (Å²) in [5, 5.41) is -0.168. The van der Waals surface area contributed by atoms with Crippen LogP contribution in [-0.4, -0.2) is 17.7 Å². The van der Waals surface area contributed by atoms with E-state index in [9.17, 15) is 9.18 Å². The molecule has 0 aliphatic carbocycles. The Balaban J connectivity index is 1.78. The zero-order chi connectivity index (χ0) is 15.5. The molecule has 2 aromatic rings. The van der Waals surface area contributed by atoms with E-state index in [1.807, 2.05) is 37.3 Å². The van der Waals surface area contributed by atoms with E-state index in [0.29, 0.717) is 6.54 Å². The van der Waals surface area contributed by atoms with Crippen LogP contribution in [0.25, 0.3) is 0 Å². The van der Waals surface area contributed by atoms with Crippen LogP contribution in [-0.2, 0) is 11.2 Å². The van der Waals surface area contributed by atoms with E-state index in [2.05, 4.69) is 0 Å². The summed E-state index contributed by atoms with van der Waals surface area (Å²) in [6, 6.07) is 14.6. The van der Waals surface area contributed by atoms with Crippen molar-refractivity contribution in [3.63, 3.8) is 0 Å². The Morgan fingerprint density at radius 3 is 2.77 bits per heavy atom. The Labute approximate surface area is 134 Å². The molecule has 0 radical (unpaired) electrons. The predicted molar refractivity (Wildman–Crippen MR) is 88.8 cm³/mol. The van der Waals surface area contributed by atoms with Crippen LogP contribution >= 0.6 is 11.8 Å². The number of benzene rings is 2. The topological polar surface area (TPSA) is 20.3 Å². The fraction of sp³-hybridized carbons (Fsp3) is 0.278. The van der Waals surface area contributed by atoms with Gasteiger partial charge in [-0.3, -0.25) is 4.79 Å². The maximum absolute atomic E-state index is 13.4. The molecule has 2 aromatic carbocycles. The van der Waals surface area contributed by atoms with E-state index >= 15 is 0 Å². The van der Waals surface area contributed by atoms with Crippen molar-refractivity contribution < 1.29 is 9.18 Å². The Hall–Kier alpha value is -1.81. The smallest absolute Gasteiger partial charge is 0.240 e. The molecule has 1 atom stereocenters. The van der Waals surface area contributed by atoms with Gasteiger partial charge in [0.05, 0.1) is 5.25 Å². The van der Waals surface area contributed by atoms with E-state index in [-0.39, 0.29) is 17.0 Å². The summed E-state index contributed by atoms with van der Waals surface area (Å²) in [5.74, 6) is -0.152. The maximum atomic E-state index is 13.4. The lowest BCUT2D eigenvalue weighted by molar-refractivity contribution is -0.117. The number of hydrogen-bond donors (Lipinski definition) is 0. The number of amides is 1. The number of rotatable bonds is 3. The lowest BCUT2D eigenvalue weighted by atomic mass is 10.0. The number of fused-ring (bicyclic) bond motifs is 1. The molecule has 0 saturated carbocycles. The van der Waals surface area contributed by atoms with E-state index in [1.165, 1.54) is 6.07 Å². The Morgan fingerprint density at radius 2 is 2.00 bits per heavy atom. The quantitative estimate of drug-likeness (QED) is 0.788. The number of halogens is 1. The second-order valence-corrected chi connectivity index (χ2v) is 6.85. The zero-order valence-electron chi connectivity index (χ0n) is 12.5. The zero-order valence-corrected chi connectivity index (χ0v) is 13.3. The van der Waals surface area contributed by atoms with Crippen LogP contribution < -0.4 is 4.90 Å². The Kier molecular flexibility index (Phi) is 4.48. The van der Waals surface area contributed by atoms with Crippen LogP contribution in [0.3, 0.4) is 0 Å². The fourth-order valence-electron chi connectivity index (χ4n) is 2.77. The van der Waals surface area contributed by atoms with Gasteiger partial charge in [-0.2, -0.15) is 0 Å². The second-order valence-electron chi connectivity index (χ2n) is 5.44. The van der Waals surface area contributed by atoms with Crippen LogP contribution in [0, 0.1) is 5.82 Å². The van der Waals surface area contributed by atoms with Gasteiger partial charge in [-0.05, 0) is 55.7 Å². The van der Waals surface area contributed by atoms with E-state index in [4.69, 9.17) is 0 Å². The number of aryl methyl sites for hydroxylation is 1. The molecule has 3 rings (SSSR count). The lowest BCUT2D eigenvalue weighted by Gasteiger charge is -2.31. The van der Waals surface area contributed by atoms with Crippen molar-refractivity contribution in [2.45, 2.75) is 29.9 Å². The van der Waals surface area contributed by atoms with E-state index in [0.717, 1.165) is 29.0 Å². The SMILES string of the molecule is CC(Sc1ccccc1)C(=O)N1CCCc2cc(F)ccc21. The van der Waals surface area contributed by atoms with Crippen LogP contribution in [0.4, 0.5) is 10.1 Å². The van der Waals surface area contributed by atoms with Crippen molar-refractivity contribution in [3.05, 3.63) is 59.9 Å². The molecule has 22 heavy (non-hydrogen) atoms. The van der Waals surface area contributed by atoms with Gasteiger partial charge in [-0.25, -0.2) is 4.39 Å². The third-order valence-corrected chi connectivity index (χ3v) is 4.93. The van der Waals surface area contributed by atoms with Crippen LogP contribution in [0.2, 0.25) is 0 Å². The first kappa shape index (κ1) is 15.1. The highest BCUT2D eigenvalue weighted by Gasteiger charge is 2.27. The molecule has 4 heteroatoms. The first-order valence-corrected chi connectivity index (χ1v) is 8.34. The maximum Gasteiger partial charge on any atom is 0.240 e. The highest BCUT2D eigenvalue weighted by atomic mass is 32.2. The standard InChI is InChI=1S/C18H18FNOS/c1-13(22-16-7-3-2-4-8-16)18(21)20-11-5-6-14-12-15(19)9-10-17(14)20/h2-4,7-10,12-13H,5-6,11H2,1H3. The van der Waals surface area contributed by atoms with Crippen molar-refractivity contribution in [1.82, 2.24) is 0 Å². The first-order valence-electron chi connectivity index (χ1n) is 7.46. The molecule has 0 fully saturated rings. The molecule has 0 N–H and O–H groups in total. The lowest BCUT2D eigenvalue weighted by Crippen LogP contribution is -2.40. The third kappa shape index (κ3) is 3.17. The minimum Gasteiger partial charge on any atom is -0.311 e. The van der Waals surface area contributed by atoms with Gasteiger partial charge in [0.15, 0.2) is 0 Å². The molecule has 1 unspecified atom stereocenters. The molecule has 1 aliphatic heterocycles. The fourth-order valence-corrected chi connectivity index (χ4v) is 3.72. The minimum absolute atomic E-state index is 0.0846. The Morgan fingerprint density at radius 1 is 1.23 bits per heavy atom. The molecule has 1 aliphatic rings. The molecule has 0 bridgehead atoms. The highest BCUT2D eigenvalue weighted by Crippen LogP contribution is 2.31. The molecule has 0 aromatic heterocycles. The summed E-state index contributed by atoms with van der Waals surface area (Å²) in [4.78, 5) is 15.6. The summed E-state index contributed by atoms with van der Waals surface area (Å²) in [6.45, 7) is 2.63. The first-order chi connectivity index (χ1) is 10.6. The van der Waals surface area contributed by atoms with Crippen molar-refractivity contribution in [1.29, 1.82) is 0 Å². The van der Waals surface area contributed by atoms with Gasteiger partial charge in [0.2, 0.25) is 5.91 Å². The van der Waals surface area contributed by atoms with Crippen LogP contribution in [0.15, 0.2) is 53.4 Å². The minimum atomic E-state index is -0.236. The van der Waals surface area contributed by atoms with Crippen molar-refractivity contribution >= 4 is 23.4 Å². The van der Waals surface area contributed by atoms with Crippen molar-refractivity contribution in [3.8, 4) is 0 Å². The highest BCUT2D eigenvalue weighted by molar-refractivity contribution is 8.00. The summed E-state index contributed by atoms with van der Waals surface area (Å²) < 4.78 is 13.4. The number of anilines is 1. The monoisotopic (exact) mass is 315 g/mol. The molecular weight excluding hydrogens is 297 g/mol. The second kappa shape index (κ2) is 6.53. The Bertz CT molecular complexity index is 674. The largest absolute Gasteiger partial charge is 0.311 e. The predicted octanol–water partition coefficient (Wildman–Crippen LogP) is 4.29. The number of nitrogens with zero attached hydrogens (tertiary/aromatic N) is 1. The summed E-state index contributed by atoms with van der Waals surface area (Å²) in [7, 11) is 0. The van der Waals surface area contributed by atoms with Gasteiger partial charge in [0, 0.05) is 17.1 Å². The van der Waals surface area contributed by atoms with Gasteiger partial charge < -0.3 is 4.90 Å². The van der Waals surface area contributed by atoms with Gasteiger partial charge >= 0.3 is 0 Å². The molecule has 1 amide bonds. The number of thioether (sulfide) groups is 1. The number of hydrogen-bond acceptors (Lipinski definition) is 2. The summed E-state index contributed by atoms with van der Waals surface area (Å²) in [5.41, 5.74) is 1.79. The number of carbonyl (C=O) groups excluding carboxylic acids is 1. The molecule has 0 spiro atoms. The summed E-state index contributed by atoms with van der Waals surface area (Å²) >= 11 is 1.56. The average molecular weight is 315 g/mol. The molecule has 2 nitrogen and oxygen atoms in total.